The van der Waals surface area contributed by atoms with Crippen LogP contribution >= 0.6 is 0 Å². The van der Waals surface area contributed by atoms with Crippen LogP contribution in [0.2, 0.25) is 0 Å². The number of hydrogen-bond acceptors (Lipinski definition) is 2. The van der Waals surface area contributed by atoms with E-state index in [-0.39, 0.29) is 0 Å². The van der Waals surface area contributed by atoms with Gasteiger partial charge in [0.25, 0.3) is 0 Å². The Labute approximate surface area is 512 Å². The lowest BCUT2D eigenvalue weighted by Crippen LogP contribution is -2.16. The summed E-state index contributed by atoms with van der Waals surface area (Å²) in [6.07, 6.45) is 22.2. The van der Waals surface area contributed by atoms with E-state index in [9.17, 15) is 0 Å². The van der Waals surface area contributed by atoms with Gasteiger partial charge in [0.15, 0.2) is 0 Å². The molecule has 0 saturated heterocycles. The Morgan fingerprint density at radius 2 is 0.628 bits per heavy atom. The molecule has 0 bridgehead atoms. The first-order valence-electron chi connectivity index (χ1n) is 32.2. The molecule has 0 atom stereocenters. The van der Waals surface area contributed by atoms with Crippen LogP contribution in [0.1, 0.15) is 146 Å². The van der Waals surface area contributed by atoms with E-state index >= 15 is 0 Å². The van der Waals surface area contributed by atoms with Gasteiger partial charge >= 0.3 is 0 Å². The zero-order chi connectivity index (χ0) is 59.3. The molecule has 2 heteroatoms. The molecule has 0 saturated carbocycles. The van der Waals surface area contributed by atoms with Gasteiger partial charge < -0.3 is 9.80 Å². The van der Waals surface area contributed by atoms with Crippen LogP contribution in [0, 0.1) is 27.7 Å². The number of aryl methyl sites for hydroxylation is 8. The monoisotopic (exact) mass is 1120 g/mol. The Kier molecular flexibility index (Phi) is 17.4. The Bertz CT molecular complexity index is 4350. The first-order valence-corrected chi connectivity index (χ1v) is 32.2. The van der Waals surface area contributed by atoms with Crippen LogP contribution in [0.3, 0.4) is 0 Å². The molecule has 86 heavy (non-hydrogen) atoms. The minimum atomic E-state index is 1.02. The van der Waals surface area contributed by atoms with E-state index in [4.69, 9.17) is 0 Å². The maximum absolute atomic E-state index is 2.70. The highest BCUT2D eigenvalue weighted by Gasteiger charge is 2.29. The summed E-state index contributed by atoms with van der Waals surface area (Å²) in [7, 11) is 0. The van der Waals surface area contributed by atoms with Gasteiger partial charge in [-0.1, -0.05) is 264 Å². The summed E-state index contributed by atoms with van der Waals surface area (Å²) in [5.74, 6) is 0. The van der Waals surface area contributed by atoms with Crippen molar-refractivity contribution in [3.63, 3.8) is 0 Å². The third-order valence-electron chi connectivity index (χ3n) is 17.9. The number of anilines is 6. The lowest BCUT2D eigenvalue weighted by atomic mass is 9.85. The molecular weight excluding hydrogens is 1040 g/mol. The summed E-state index contributed by atoms with van der Waals surface area (Å²) in [5, 5.41) is 12.9. The molecule has 0 unspecified atom stereocenters. The van der Waals surface area contributed by atoms with E-state index in [2.05, 4.69) is 284 Å². The second-order valence-electron chi connectivity index (χ2n) is 24.5. The van der Waals surface area contributed by atoms with Crippen molar-refractivity contribution in [3.05, 3.63) is 261 Å². The third kappa shape index (κ3) is 11.6. The van der Waals surface area contributed by atoms with Crippen molar-refractivity contribution in [1.29, 1.82) is 0 Å². The summed E-state index contributed by atoms with van der Waals surface area (Å²) >= 11 is 0. The number of rotatable bonds is 22. The number of hydrogen-bond donors (Lipinski definition) is 0. The standard InChI is InChI=1S/C84H84N2/c1-9-13-21-65-53-59(7)54-66(22-14-10-2)82(65)85(69-47-43-63(44-48-69)41-39-61-35-31-57(5)32-36-61)78-52-51-76-79-71(27-19-29-75(78)79)72-28-20-30-77-81(72)80(76)73-25-17-18-26-74(73)84(77)86(83-67(23-15-11-3)55-60(8)56-68(83)24-16-12-4)70-49-45-64(46-50-70)42-40-62-37-33-58(6)34-38-62/h17-20,25-56H,9-16,21-24H2,1-8H3/b41-39+,42-40+. The quantitative estimate of drug-likeness (QED) is 0.0379. The normalized spacial score (nSPS) is 12.0. The summed E-state index contributed by atoms with van der Waals surface area (Å²) in [6, 6.07) is 74.9. The van der Waals surface area contributed by atoms with Crippen molar-refractivity contribution in [2.24, 2.45) is 0 Å². The first kappa shape index (κ1) is 57.7. The maximum atomic E-state index is 2.70. The van der Waals surface area contributed by atoms with Crippen LogP contribution in [0.4, 0.5) is 34.1 Å². The molecule has 0 N–H and O–H groups in total. The van der Waals surface area contributed by atoms with Crippen LogP contribution < -0.4 is 9.80 Å². The minimum absolute atomic E-state index is 1.02. The molecule has 0 radical (unpaired) electrons. The molecule has 0 heterocycles. The van der Waals surface area contributed by atoms with Crippen molar-refractivity contribution < 1.29 is 0 Å². The highest BCUT2D eigenvalue weighted by atomic mass is 15.2. The maximum Gasteiger partial charge on any atom is 0.0619 e. The lowest BCUT2D eigenvalue weighted by molar-refractivity contribution is 0.779. The second kappa shape index (κ2) is 25.9. The Balaban J connectivity index is 1.11. The van der Waals surface area contributed by atoms with E-state index in [1.807, 2.05) is 0 Å². The molecule has 0 spiro atoms. The largest absolute Gasteiger partial charge is 0.309 e. The minimum Gasteiger partial charge on any atom is -0.309 e. The van der Waals surface area contributed by atoms with Crippen LogP contribution in [0.5, 0.6) is 0 Å². The number of unbranched alkanes of at least 4 members (excludes halogenated alkanes) is 4. The fourth-order valence-corrected chi connectivity index (χ4v) is 13.6. The van der Waals surface area contributed by atoms with Gasteiger partial charge in [0.05, 0.1) is 22.7 Å². The molecule has 12 aromatic rings. The fraction of sp³-hybridized carbons (Fsp3) is 0.238. The number of benzene rings is 12. The number of fused-ring (bicyclic) bond motifs is 4. The van der Waals surface area contributed by atoms with E-state index < -0.39 is 0 Å². The Morgan fingerprint density at radius 3 is 1.08 bits per heavy atom. The highest BCUT2D eigenvalue weighted by Crippen LogP contribution is 2.54. The van der Waals surface area contributed by atoms with Crippen LogP contribution in [0.15, 0.2) is 194 Å². The Hall–Kier alpha value is -8.72. The molecule has 12 rings (SSSR count). The van der Waals surface area contributed by atoms with E-state index in [0.29, 0.717) is 0 Å². The first-order chi connectivity index (χ1) is 42.1. The molecule has 2 nitrogen and oxygen atoms in total. The predicted molar refractivity (Wildman–Crippen MR) is 379 cm³/mol. The summed E-state index contributed by atoms with van der Waals surface area (Å²) < 4.78 is 0. The van der Waals surface area contributed by atoms with Gasteiger partial charge in [0.1, 0.15) is 0 Å². The second-order valence-corrected chi connectivity index (χ2v) is 24.5. The molecule has 0 aromatic heterocycles. The smallest absolute Gasteiger partial charge is 0.0619 e. The van der Waals surface area contributed by atoms with Gasteiger partial charge in [-0.25, -0.2) is 0 Å². The molecule has 0 aliphatic rings. The molecule has 0 fully saturated rings. The van der Waals surface area contributed by atoms with Crippen molar-refractivity contribution in [3.8, 4) is 0 Å². The van der Waals surface area contributed by atoms with Crippen molar-refractivity contribution in [1.82, 2.24) is 0 Å². The summed E-state index contributed by atoms with van der Waals surface area (Å²) in [4.78, 5) is 5.35. The van der Waals surface area contributed by atoms with Gasteiger partial charge in [0, 0.05) is 32.9 Å². The third-order valence-corrected chi connectivity index (χ3v) is 17.9. The zero-order valence-corrected chi connectivity index (χ0v) is 52.2. The van der Waals surface area contributed by atoms with Gasteiger partial charge in [-0.2, -0.15) is 0 Å². The van der Waals surface area contributed by atoms with Crippen molar-refractivity contribution in [2.45, 2.75) is 132 Å². The van der Waals surface area contributed by atoms with Crippen LogP contribution in [-0.4, -0.2) is 0 Å². The topological polar surface area (TPSA) is 6.48 Å². The van der Waals surface area contributed by atoms with E-state index in [0.717, 1.165) is 77.0 Å². The fourth-order valence-electron chi connectivity index (χ4n) is 13.6. The molecule has 430 valence electrons. The van der Waals surface area contributed by atoms with Gasteiger partial charge in [-0.15, -0.1) is 0 Å². The van der Waals surface area contributed by atoms with E-state index in [1.165, 1.54) is 155 Å². The molecule has 12 aromatic carbocycles. The number of nitrogens with zero attached hydrogens (tertiary/aromatic N) is 2. The highest BCUT2D eigenvalue weighted by molar-refractivity contribution is 6.41. The van der Waals surface area contributed by atoms with Gasteiger partial charge in [-0.05, 0) is 186 Å². The average Bonchev–Trinajstić information content (AvgIpc) is 0.769. The lowest BCUT2D eigenvalue weighted by Gasteiger charge is -2.34. The molecular formula is C84H84N2. The molecule has 0 aliphatic carbocycles. The Morgan fingerprint density at radius 1 is 0.279 bits per heavy atom. The summed E-state index contributed by atoms with van der Waals surface area (Å²) in [6.45, 7) is 18.2. The average molecular weight is 1120 g/mol. The van der Waals surface area contributed by atoms with Gasteiger partial charge in [-0.3, -0.25) is 0 Å². The SMILES string of the molecule is CCCCc1cc(C)cc(CCCC)c1N(c1ccc(/C=C/c2ccc(C)cc2)cc1)c1ccc2c3c1cccc3c1cccc3c(N(c4ccc(/C=C/c5ccc(C)cc5)cc4)c4c(CCCC)cc(C)cc4CCCC)c4ccccc4c2c31. The van der Waals surface area contributed by atoms with Crippen molar-refractivity contribution in [2.75, 3.05) is 9.80 Å². The van der Waals surface area contributed by atoms with Crippen LogP contribution in [0.25, 0.3) is 78.2 Å². The zero-order valence-electron chi connectivity index (χ0n) is 52.2. The molecule has 0 aliphatic heterocycles. The predicted octanol–water partition coefficient (Wildman–Crippen LogP) is 24.8. The summed E-state index contributed by atoms with van der Waals surface area (Å²) in [5.41, 5.74) is 23.2. The van der Waals surface area contributed by atoms with Gasteiger partial charge in [0.2, 0.25) is 0 Å². The molecule has 0 amide bonds. The van der Waals surface area contributed by atoms with E-state index in [1.54, 1.807) is 0 Å². The van der Waals surface area contributed by atoms with Crippen LogP contribution in [-0.2, 0) is 25.7 Å². The van der Waals surface area contributed by atoms with Crippen molar-refractivity contribution >= 4 is 112 Å².